The Balaban J connectivity index is 2.75. The Kier molecular flexibility index (Phi) is 3.25. The second kappa shape index (κ2) is 4.23. The lowest BCUT2D eigenvalue weighted by Gasteiger charge is -2.01. The van der Waals surface area contributed by atoms with Gasteiger partial charge in [-0.15, -0.1) is 0 Å². The Morgan fingerprint density at radius 3 is 2.38 bits per heavy atom. The van der Waals surface area contributed by atoms with Crippen molar-refractivity contribution in [3.8, 4) is 0 Å². The van der Waals surface area contributed by atoms with Gasteiger partial charge in [-0.05, 0) is 0 Å². The third-order valence-corrected chi connectivity index (χ3v) is 2.11. The minimum atomic E-state index is -0.999. The van der Waals surface area contributed by atoms with Crippen LogP contribution in [0.25, 0.3) is 0 Å². The molecule has 0 saturated heterocycles. The number of carboxylic acid groups (broad SMARTS) is 1. The smallest absolute Gasteiger partial charge is 0.338 e. The first-order chi connectivity index (χ1) is 6.09. The second-order valence-electron chi connectivity index (χ2n) is 2.73. The van der Waals surface area contributed by atoms with Crippen LogP contribution in [0.3, 0.4) is 0 Å². The van der Waals surface area contributed by atoms with Gasteiger partial charge in [0.05, 0.1) is 5.56 Å². The zero-order chi connectivity index (χ0) is 9.84. The van der Waals surface area contributed by atoms with Crippen LogP contribution in [-0.2, 0) is 0 Å². The molecule has 1 heterocycles. The molecular formula is C8H10N2O2S. The molecule has 0 fully saturated rings. The van der Waals surface area contributed by atoms with Crippen LogP contribution < -0.4 is 0 Å². The molecule has 1 aromatic heterocycles. The van der Waals surface area contributed by atoms with Crippen molar-refractivity contribution in [3.63, 3.8) is 0 Å². The first kappa shape index (κ1) is 9.98. The van der Waals surface area contributed by atoms with E-state index in [-0.39, 0.29) is 5.56 Å². The van der Waals surface area contributed by atoms with Crippen LogP contribution in [-0.4, -0.2) is 26.3 Å². The standard InChI is InChI=1S/C8H10N2O2S/c1-5(2)13-8-9-3-6(4-10-8)7(11)12/h3-5H,1-2H3,(H,11,12). The number of hydrogen-bond donors (Lipinski definition) is 1. The Labute approximate surface area is 80.4 Å². The van der Waals surface area contributed by atoms with E-state index in [1.54, 1.807) is 0 Å². The fourth-order valence-electron chi connectivity index (χ4n) is 0.698. The lowest BCUT2D eigenvalue weighted by molar-refractivity contribution is 0.0695. The van der Waals surface area contributed by atoms with E-state index in [0.717, 1.165) is 0 Å². The fourth-order valence-corrected chi connectivity index (χ4v) is 1.35. The Morgan fingerprint density at radius 1 is 1.46 bits per heavy atom. The van der Waals surface area contributed by atoms with Crippen molar-refractivity contribution in [2.45, 2.75) is 24.3 Å². The highest BCUT2D eigenvalue weighted by atomic mass is 32.2. The van der Waals surface area contributed by atoms with Crippen LogP contribution in [0, 0.1) is 0 Å². The van der Waals surface area contributed by atoms with Gasteiger partial charge in [0.15, 0.2) is 5.16 Å². The van der Waals surface area contributed by atoms with E-state index in [1.807, 2.05) is 13.8 Å². The lowest BCUT2D eigenvalue weighted by Crippen LogP contribution is -2.00. The van der Waals surface area contributed by atoms with Crippen LogP contribution >= 0.6 is 11.8 Å². The number of hydrogen-bond acceptors (Lipinski definition) is 4. The summed E-state index contributed by atoms with van der Waals surface area (Å²) in [5.41, 5.74) is 0.119. The monoisotopic (exact) mass is 198 g/mol. The van der Waals surface area contributed by atoms with Gasteiger partial charge in [-0.25, -0.2) is 14.8 Å². The molecule has 0 aliphatic rings. The largest absolute Gasteiger partial charge is 0.478 e. The molecule has 0 amide bonds. The zero-order valence-corrected chi connectivity index (χ0v) is 8.21. The van der Waals surface area contributed by atoms with Gasteiger partial charge in [0.25, 0.3) is 0 Å². The summed E-state index contributed by atoms with van der Waals surface area (Å²) in [5.74, 6) is -0.999. The van der Waals surface area contributed by atoms with Crippen LogP contribution in [0.15, 0.2) is 17.6 Å². The van der Waals surface area contributed by atoms with Crippen LogP contribution in [0.5, 0.6) is 0 Å². The molecule has 0 unspecified atom stereocenters. The molecule has 0 aliphatic heterocycles. The predicted molar refractivity (Wildman–Crippen MR) is 50.0 cm³/mol. The topological polar surface area (TPSA) is 63.1 Å². The summed E-state index contributed by atoms with van der Waals surface area (Å²) in [6.45, 7) is 4.05. The van der Waals surface area contributed by atoms with Crippen molar-refractivity contribution >= 4 is 17.7 Å². The minimum Gasteiger partial charge on any atom is -0.478 e. The molecule has 13 heavy (non-hydrogen) atoms. The summed E-state index contributed by atoms with van der Waals surface area (Å²) >= 11 is 1.50. The van der Waals surface area contributed by atoms with Gasteiger partial charge >= 0.3 is 5.97 Å². The molecule has 5 heteroatoms. The number of carboxylic acids is 1. The summed E-state index contributed by atoms with van der Waals surface area (Å²) in [5, 5.41) is 9.58. The maximum Gasteiger partial charge on any atom is 0.338 e. The normalized spacial score (nSPS) is 10.4. The molecular weight excluding hydrogens is 188 g/mol. The Morgan fingerprint density at radius 2 is 2.00 bits per heavy atom. The van der Waals surface area contributed by atoms with Crippen LogP contribution in [0.1, 0.15) is 24.2 Å². The van der Waals surface area contributed by atoms with Crippen LogP contribution in [0.4, 0.5) is 0 Å². The van der Waals surface area contributed by atoms with E-state index in [9.17, 15) is 4.79 Å². The summed E-state index contributed by atoms with van der Waals surface area (Å²) in [6, 6.07) is 0. The average molecular weight is 198 g/mol. The molecule has 0 aromatic carbocycles. The van der Waals surface area contributed by atoms with Crippen molar-refractivity contribution in [2.75, 3.05) is 0 Å². The number of thioether (sulfide) groups is 1. The highest BCUT2D eigenvalue weighted by molar-refractivity contribution is 7.99. The Hall–Kier alpha value is -1.10. The summed E-state index contributed by atoms with van der Waals surface area (Å²) in [4.78, 5) is 18.3. The molecule has 4 nitrogen and oxygen atoms in total. The van der Waals surface area contributed by atoms with E-state index in [2.05, 4.69) is 9.97 Å². The first-order valence-corrected chi connectivity index (χ1v) is 4.69. The highest BCUT2D eigenvalue weighted by Gasteiger charge is 2.05. The second-order valence-corrected chi connectivity index (χ2v) is 4.27. The predicted octanol–water partition coefficient (Wildman–Crippen LogP) is 1.68. The molecule has 1 rings (SSSR count). The van der Waals surface area contributed by atoms with Gasteiger partial charge < -0.3 is 5.11 Å². The zero-order valence-electron chi connectivity index (χ0n) is 7.39. The quantitative estimate of drug-likeness (QED) is 0.591. The SMILES string of the molecule is CC(C)Sc1ncc(C(=O)O)cn1. The fraction of sp³-hybridized carbons (Fsp3) is 0.375. The van der Waals surface area contributed by atoms with Crippen molar-refractivity contribution in [2.24, 2.45) is 0 Å². The molecule has 70 valence electrons. The van der Waals surface area contributed by atoms with E-state index in [4.69, 9.17) is 5.11 Å². The maximum atomic E-state index is 10.4. The van der Waals surface area contributed by atoms with Gasteiger partial charge in [-0.2, -0.15) is 0 Å². The highest BCUT2D eigenvalue weighted by Crippen LogP contribution is 2.17. The van der Waals surface area contributed by atoms with Gasteiger partial charge in [0, 0.05) is 17.6 Å². The van der Waals surface area contributed by atoms with Crippen molar-refractivity contribution < 1.29 is 9.90 Å². The molecule has 0 spiro atoms. The number of carbonyl (C=O) groups is 1. The van der Waals surface area contributed by atoms with E-state index < -0.39 is 5.97 Å². The van der Waals surface area contributed by atoms with Gasteiger partial charge in [0.2, 0.25) is 0 Å². The summed E-state index contributed by atoms with van der Waals surface area (Å²) < 4.78 is 0. The average Bonchev–Trinajstić information content (AvgIpc) is 2.04. The van der Waals surface area contributed by atoms with Gasteiger partial charge in [-0.1, -0.05) is 25.6 Å². The minimum absolute atomic E-state index is 0.119. The van der Waals surface area contributed by atoms with E-state index in [1.165, 1.54) is 24.2 Å². The van der Waals surface area contributed by atoms with Gasteiger partial charge in [-0.3, -0.25) is 0 Å². The molecule has 0 saturated carbocycles. The van der Waals surface area contributed by atoms with Crippen molar-refractivity contribution in [1.82, 2.24) is 9.97 Å². The Bertz CT molecular complexity index is 298. The summed E-state index contributed by atoms with van der Waals surface area (Å²) in [7, 11) is 0. The van der Waals surface area contributed by atoms with E-state index >= 15 is 0 Å². The third kappa shape index (κ3) is 3.02. The van der Waals surface area contributed by atoms with Crippen LogP contribution in [0.2, 0.25) is 0 Å². The van der Waals surface area contributed by atoms with E-state index in [0.29, 0.717) is 10.4 Å². The first-order valence-electron chi connectivity index (χ1n) is 3.81. The molecule has 1 N–H and O–H groups in total. The molecule has 0 radical (unpaired) electrons. The summed E-state index contributed by atoms with van der Waals surface area (Å²) in [6.07, 6.45) is 2.64. The maximum absolute atomic E-state index is 10.4. The van der Waals surface area contributed by atoms with Crippen molar-refractivity contribution in [1.29, 1.82) is 0 Å². The van der Waals surface area contributed by atoms with Crippen molar-refractivity contribution in [3.05, 3.63) is 18.0 Å². The molecule has 0 aliphatic carbocycles. The number of aromatic nitrogens is 2. The van der Waals surface area contributed by atoms with Gasteiger partial charge in [0.1, 0.15) is 0 Å². The third-order valence-electron chi connectivity index (χ3n) is 1.22. The molecule has 1 aromatic rings. The lowest BCUT2D eigenvalue weighted by atomic mass is 10.4. The molecule has 0 atom stereocenters. The number of nitrogens with zero attached hydrogens (tertiary/aromatic N) is 2. The molecule has 0 bridgehead atoms. The number of aromatic carboxylic acids is 1. The number of rotatable bonds is 3.